The highest BCUT2D eigenvalue weighted by molar-refractivity contribution is 7.78. The Hall–Kier alpha value is -1.77. The largest absolute Gasteiger partial charge is 0.461 e. The Balaban J connectivity index is 3.20. The fourth-order valence-electron chi connectivity index (χ4n) is 1.35. The lowest BCUT2D eigenvalue weighted by Gasteiger charge is -2.06. The average molecular weight is 247 g/mol. The molecule has 4 heteroatoms. The lowest BCUT2D eigenvalue weighted by molar-refractivity contribution is -0.138. The van der Waals surface area contributed by atoms with Crippen LogP contribution in [-0.2, 0) is 9.53 Å². The number of carbonyl (C=O) groups excluding carboxylic acids is 1. The number of rotatable bonds is 4. The molecule has 0 aliphatic heterocycles. The van der Waals surface area contributed by atoms with Crippen molar-refractivity contribution in [2.75, 3.05) is 6.61 Å². The molecule has 0 heterocycles. The van der Waals surface area contributed by atoms with Crippen LogP contribution in [0.4, 0.5) is 0 Å². The van der Waals surface area contributed by atoms with E-state index in [4.69, 9.17) is 4.74 Å². The van der Waals surface area contributed by atoms with Crippen LogP contribution in [0.25, 0.3) is 5.57 Å². The lowest BCUT2D eigenvalue weighted by Crippen LogP contribution is -2.07. The molecule has 0 amide bonds. The molecule has 0 fully saturated rings. The molecule has 0 aliphatic carbocycles. The van der Waals surface area contributed by atoms with Crippen LogP contribution in [0.15, 0.2) is 41.0 Å². The van der Waals surface area contributed by atoms with Gasteiger partial charge >= 0.3 is 5.97 Å². The SMILES string of the molecule is CCOC(=O)/C(N=C=S)=C(/C)c1ccccc1. The van der Waals surface area contributed by atoms with Gasteiger partial charge in [0.25, 0.3) is 0 Å². The topological polar surface area (TPSA) is 38.7 Å². The second-order valence-corrected chi connectivity index (χ2v) is 3.45. The van der Waals surface area contributed by atoms with Crippen molar-refractivity contribution in [3.05, 3.63) is 41.6 Å². The molecule has 1 rings (SSSR count). The molecule has 0 unspecified atom stereocenters. The van der Waals surface area contributed by atoms with E-state index in [0.29, 0.717) is 6.61 Å². The highest BCUT2D eigenvalue weighted by Gasteiger charge is 2.14. The zero-order valence-corrected chi connectivity index (χ0v) is 10.6. The molecule has 0 aromatic heterocycles. The highest BCUT2D eigenvalue weighted by Crippen LogP contribution is 2.19. The van der Waals surface area contributed by atoms with Crippen LogP contribution in [0.2, 0.25) is 0 Å². The summed E-state index contributed by atoms with van der Waals surface area (Å²) in [6.07, 6.45) is 0. The van der Waals surface area contributed by atoms with Gasteiger partial charge in [0.2, 0.25) is 0 Å². The van der Waals surface area contributed by atoms with Crippen LogP contribution < -0.4 is 0 Å². The summed E-state index contributed by atoms with van der Waals surface area (Å²) in [5, 5.41) is 2.21. The molecule has 0 saturated heterocycles. The van der Waals surface area contributed by atoms with Crippen LogP contribution in [0.1, 0.15) is 19.4 Å². The van der Waals surface area contributed by atoms with Gasteiger partial charge in [0, 0.05) is 0 Å². The predicted molar refractivity (Wildman–Crippen MR) is 70.7 cm³/mol. The average Bonchev–Trinajstić information content (AvgIpc) is 2.36. The third kappa shape index (κ3) is 3.63. The van der Waals surface area contributed by atoms with Gasteiger partial charge in [-0.1, -0.05) is 30.3 Å². The maximum Gasteiger partial charge on any atom is 0.358 e. The Morgan fingerprint density at radius 1 is 1.41 bits per heavy atom. The Morgan fingerprint density at radius 3 is 2.59 bits per heavy atom. The van der Waals surface area contributed by atoms with Crippen molar-refractivity contribution in [3.63, 3.8) is 0 Å². The minimum Gasteiger partial charge on any atom is -0.461 e. The van der Waals surface area contributed by atoms with E-state index in [0.717, 1.165) is 11.1 Å². The first-order valence-corrected chi connectivity index (χ1v) is 5.62. The fourth-order valence-corrected chi connectivity index (χ4v) is 1.44. The first-order valence-electron chi connectivity index (χ1n) is 5.22. The molecule has 1 aromatic rings. The maximum absolute atomic E-state index is 11.7. The molecule has 0 bridgehead atoms. The van der Waals surface area contributed by atoms with Crippen LogP contribution in [0, 0.1) is 0 Å². The number of nitrogens with zero attached hydrogens (tertiary/aromatic N) is 1. The van der Waals surface area contributed by atoms with Gasteiger partial charge in [-0.15, -0.1) is 0 Å². The molecule has 3 nitrogen and oxygen atoms in total. The lowest BCUT2D eigenvalue weighted by atomic mass is 10.1. The van der Waals surface area contributed by atoms with E-state index in [1.54, 1.807) is 13.8 Å². The molecule has 1 aromatic carbocycles. The fraction of sp³-hybridized carbons (Fsp3) is 0.231. The van der Waals surface area contributed by atoms with Crippen LogP contribution in [0.5, 0.6) is 0 Å². The predicted octanol–water partition coefficient (Wildman–Crippen LogP) is 3.08. The van der Waals surface area contributed by atoms with Crippen molar-refractivity contribution in [3.8, 4) is 0 Å². The van der Waals surface area contributed by atoms with E-state index in [1.807, 2.05) is 30.3 Å². The van der Waals surface area contributed by atoms with Gasteiger partial charge in [0.1, 0.15) is 0 Å². The number of thiocarbonyl (C=S) groups is 1. The second kappa shape index (κ2) is 6.74. The molecule has 88 valence electrons. The number of hydrogen-bond donors (Lipinski definition) is 0. The number of hydrogen-bond acceptors (Lipinski definition) is 4. The van der Waals surface area contributed by atoms with Crippen LogP contribution in [0.3, 0.4) is 0 Å². The summed E-state index contributed by atoms with van der Waals surface area (Å²) in [5.74, 6) is -0.480. The van der Waals surface area contributed by atoms with E-state index in [1.165, 1.54) is 0 Å². The smallest absolute Gasteiger partial charge is 0.358 e. The minimum absolute atomic E-state index is 0.202. The summed E-state index contributed by atoms with van der Waals surface area (Å²) in [7, 11) is 0. The molecule has 0 saturated carbocycles. The third-order valence-corrected chi connectivity index (χ3v) is 2.28. The van der Waals surface area contributed by atoms with E-state index in [2.05, 4.69) is 22.4 Å². The molecule has 0 radical (unpaired) electrons. The second-order valence-electron chi connectivity index (χ2n) is 3.26. The quantitative estimate of drug-likeness (QED) is 0.355. The molecule has 0 atom stereocenters. The summed E-state index contributed by atoms with van der Waals surface area (Å²) >= 11 is 4.54. The summed E-state index contributed by atoms with van der Waals surface area (Å²) < 4.78 is 4.92. The van der Waals surface area contributed by atoms with Crippen molar-refractivity contribution >= 4 is 28.9 Å². The summed E-state index contributed by atoms with van der Waals surface area (Å²) in [6.45, 7) is 3.85. The Morgan fingerprint density at radius 2 is 2.06 bits per heavy atom. The van der Waals surface area contributed by atoms with Crippen LogP contribution >= 0.6 is 12.2 Å². The van der Waals surface area contributed by atoms with Crippen molar-refractivity contribution in [2.24, 2.45) is 4.99 Å². The number of isothiocyanates is 1. The van der Waals surface area contributed by atoms with Gasteiger partial charge in [-0.05, 0) is 37.2 Å². The Bertz CT molecular complexity index is 473. The first kappa shape index (κ1) is 13.3. The third-order valence-electron chi connectivity index (χ3n) is 2.19. The van der Waals surface area contributed by atoms with Gasteiger partial charge < -0.3 is 4.74 Å². The van der Waals surface area contributed by atoms with Gasteiger partial charge in [0.15, 0.2) is 5.70 Å². The standard InChI is InChI=1S/C13H13NO2S/c1-3-16-13(15)12(14-9-17)10(2)11-7-5-4-6-8-11/h4-8H,3H2,1-2H3/b12-10+. The van der Waals surface area contributed by atoms with Crippen molar-refractivity contribution < 1.29 is 9.53 Å². The summed E-state index contributed by atoms with van der Waals surface area (Å²) in [5.41, 5.74) is 1.83. The molecule has 0 N–H and O–H groups in total. The van der Waals surface area contributed by atoms with E-state index in [-0.39, 0.29) is 5.70 Å². The van der Waals surface area contributed by atoms with Gasteiger partial charge in [-0.3, -0.25) is 0 Å². The molecular weight excluding hydrogens is 234 g/mol. The molecular formula is C13H13NO2S. The van der Waals surface area contributed by atoms with Gasteiger partial charge in [-0.2, -0.15) is 4.99 Å². The van der Waals surface area contributed by atoms with E-state index in [9.17, 15) is 4.79 Å². The maximum atomic E-state index is 11.7. The minimum atomic E-state index is -0.480. The van der Waals surface area contributed by atoms with E-state index >= 15 is 0 Å². The highest BCUT2D eigenvalue weighted by atomic mass is 32.1. The number of benzene rings is 1. The monoisotopic (exact) mass is 247 g/mol. The van der Waals surface area contributed by atoms with E-state index < -0.39 is 5.97 Å². The summed E-state index contributed by atoms with van der Waals surface area (Å²) in [4.78, 5) is 15.5. The zero-order chi connectivity index (χ0) is 12.7. The van der Waals surface area contributed by atoms with Crippen molar-refractivity contribution in [1.82, 2.24) is 0 Å². The van der Waals surface area contributed by atoms with Crippen LogP contribution in [-0.4, -0.2) is 17.7 Å². The first-order chi connectivity index (χ1) is 8.20. The number of carbonyl (C=O) groups is 1. The molecule has 0 aliphatic rings. The normalized spacial score (nSPS) is 11.2. The van der Waals surface area contributed by atoms with Gasteiger partial charge in [0.05, 0.1) is 11.8 Å². The number of ether oxygens (including phenoxy) is 1. The van der Waals surface area contributed by atoms with Crippen molar-refractivity contribution in [2.45, 2.75) is 13.8 Å². The zero-order valence-electron chi connectivity index (χ0n) is 9.77. The Kier molecular flexibility index (Phi) is 5.27. The van der Waals surface area contributed by atoms with Gasteiger partial charge in [-0.25, -0.2) is 4.79 Å². The number of esters is 1. The number of aliphatic imine (C=N–C) groups is 1. The number of allylic oxidation sites excluding steroid dienone is 1. The Labute approximate surface area is 106 Å². The van der Waals surface area contributed by atoms with Crippen molar-refractivity contribution in [1.29, 1.82) is 0 Å². The molecule has 0 spiro atoms. The summed E-state index contributed by atoms with van der Waals surface area (Å²) in [6, 6.07) is 9.48. The molecule has 17 heavy (non-hydrogen) atoms.